The highest BCUT2D eigenvalue weighted by Crippen LogP contribution is 2.20. The number of pyridine rings is 1. The Bertz CT molecular complexity index is 648. The van der Waals surface area contributed by atoms with Gasteiger partial charge in [0.1, 0.15) is 17.4 Å². The van der Waals surface area contributed by atoms with Crippen LogP contribution in [0.2, 0.25) is 5.15 Å². The lowest BCUT2D eigenvalue weighted by atomic mass is 10.0. The predicted molar refractivity (Wildman–Crippen MR) is 87.5 cm³/mol. The average Bonchev–Trinajstić information content (AvgIpc) is 2.51. The van der Waals surface area contributed by atoms with Gasteiger partial charge in [-0.1, -0.05) is 11.6 Å². The number of rotatable bonds is 2. The molecule has 1 aromatic rings. The number of carbonyl (C=O) groups excluding carboxylic acids is 1. The summed E-state index contributed by atoms with van der Waals surface area (Å²) in [6.45, 7) is 6.11. The summed E-state index contributed by atoms with van der Waals surface area (Å²) in [5, 5.41) is 3.35. The fourth-order valence-electron chi connectivity index (χ4n) is 2.25. The molecular formula is C15H20ClFN4O3. The lowest BCUT2D eigenvalue weighted by Gasteiger charge is -2.34. The fourth-order valence-corrected chi connectivity index (χ4v) is 2.41. The summed E-state index contributed by atoms with van der Waals surface area (Å²) in [6.07, 6.45) is 0.185. The summed E-state index contributed by atoms with van der Waals surface area (Å²) in [7, 11) is 0. The molecule has 1 fully saturated rings. The number of morpholine rings is 1. The molecule has 1 saturated heterocycles. The van der Waals surface area contributed by atoms with Crippen LogP contribution in [0.1, 0.15) is 26.3 Å². The number of ether oxygens (including phenoxy) is 2. The van der Waals surface area contributed by atoms with Crippen LogP contribution in [-0.2, 0) is 9.47 Å². The van der Waals surface area contributed by atoms with Crippen LogP contribution in [-0.4, -0.2) is 53.1 Å². The first-order valence-electron chi connectivity index (χ1n) is 7.40. The number of nitrogens with zero attached hydrogens (tertiary/aromatic N) is 3. The summed E-state index contributed by atoms with van der Waals surface area (Å²) in [5.74, 6) is 4.69. The second kappa shape index (κ2) is 7.31. The van der Waals surface area contributed by atoms with E-state index < -0.39 is 23.6 Å². The third kappa shape index (κ3) is 4.33. The predicted octanol–water partition coefficient (Wildman–Crippen LogP) is 2.17. The molecule has 1 aliphatic heterocycles. The van der Waals surface area contributed by atoms with Crippen LogP contribution in [0, 0.1) is 5.82 Å². The van der Waals surface area contributed by atoms with E-state index >= 15 is 0 Å². The molecule has 0 unspecified atom stereocenters. The van der Waals surface area contributed by atoms with E-state index in [0.717, 1.165) is 0 Å². The Morgan fingerprint density at radius 2 is 2.29 bits per heavy atom. The van der Waals surface area contributed by atoms with Gasteiger partial charge in [0.2, 0.25) is 0 Å². The van der Waals surface area contributed by atoms with Crippen molar-refractivity contribution < 1.29 is 18.7 Å². The van der Waals surface area contributed by atoms with Crippen molar-refractivity contribution in [3.05, 3.63) is 28.8 Å². The zero-order valence-corrected chi connectivity index (χ0v) is 14.5. The molecule has 0 bridgehead atoms. The van der Waals surface area contributed by atoms with Gasteiger partial charge in [0.05, 0.1) is 13.2 Å². The molecule has 0 spiro atoms. The lowest BCUT2D eigenvalue weighted by Crippen LogP contribution is -2.50. The van der Waals surface area contributed by atoms with E-state index in [2.05, 4.69) is 10.1 Å². The molecule has 2 N–H and O–H groups in total. The van der Waals surface area contributed by atoms with Gasteiger partial charge in [-0.15, -0.1) is 0 Å². The second-order valence-corrected chi connectivity index (χ2v) is 6.62. The van der Waals surface area contributed by atoms with Gasteiger partial charge in [0.25, 0.3) is 0 Å². The van der Waals surface area contributed by atoms with E-state index in [4.69, 9.17) is 26.9 Å². The van der Waals surface area contributed by atoms with Crippen LogP contribution in [0.15, 0.2) is 17.4 Å². The Kier molecular flexibility index (Phi) is 5.61. The van der Waals surface area contributed by atoms with Crippen molar-refractivity contribution in [3.8, 4) is 0 Å². The largest absolute Gasteiger partial charge is 0.444 e. The van der Waals surface area contributed by atoms with E-state index in [1.165, 1.54) is 17.2 Å². The van der Waals surface area contributed by atoms with Crippen molar-refractivity contribution >= 4 is 23.4 Å². The van der Waals surface area contributed by atoms with E-state index in [0.29, 0.717) is 6.54 Å². The van der Waals surface area contributed by atoms with E-state index in [1.807, 2.05) is 0 Å². The van der Waals surface area contributed by atoms with Gasteiger partial charge in [0, 0.05) is 18.3 Å². The minimum Gasteiger partial charge on any atom is -0.444 e. The smallest absolute Gasteiger partial charge is 0.410 e. The molecule has 2 heterocycles. The van der Waals surface area contributed by atoms with Gasteiger partial charge < -0.3 is 20.2 Å². The molecule has 2 rings (SSSR count). The van der Waals surface area contributed by atoms with Gasteiger partial charge >= 0.3 is 6.09 Å². The Morgan fingerprint density at radius 3 is 2.92 bits per heavy atom. The van der Waals surface area contributed by atoms with Crippen LogP contribution in [0.3, 0.4) is 0 Å². The van der Waals surface area contributed by atoms with Crippen molar-refractivity contribution in [3.63, 3.8) is 0 Å². The molecule has 0 aliphatic carbocycles. The van der Waals surface area contributed by atoms with Crippen molar-refractivity contribution in [2.45, 2.75) is 32.5 Å². The van der Waals surface area contributed by atoms with Crippen LogP contribution in [0.4, 0.5) is 9.18 Å². The molecule has 1 aromatic heterocycles. The van der Waals surface area contributed by atoms with Gasteiger partial charge in [-0.3, -0.25) is 0 Å². The number of carbonyl (C=O) groups is 1. The molecule has 0 radical (unpaired) electrons. The highest BCUT2D eigenvalue weighted by atomic mass is 35.5. The maximum atomic E-state index is 14.2. The fraction of sp³-hybridized carbons (Fsp3) is 0.533. The van der Waals surface area contributed by atoms with Gasteiger partial charge in [0.15, 0.2) is 11.0 Å². The molecule has 1 amide bonds. The first kappa shape index (κ1) is 18.4. The summed E-state index contributed by atoms with van der Waals surface area (Å²) < 4.78 is 25.1. The van der Waals surface area contributed by atoms with E-state index in [1.54, 1.807) is 20.8 Å². The standard InChI is InChI=1S/C15H20ClFN4O3/c1-15(2,3)24-14(22)21-6-7-23-10(8-21)12(20-18)9-4-5-19-13(16)11(9)17/h4-5,10H,6-8,18H2,1-3H3/b20-12-/t10-/m0/s1. The highest BCUT2D eigenvalue weighted by molar-refractivity contribution is 6.30. The van der Waals surface area contributed by atoms with Crippen LogP contribution >= 0.6 is 11.6 Å². The number of nitrogens with two attached hydrogens (primary N) is 1. The van der Waals surface area contributed by atoms with Gasteiger partial charge in [-0.2, -0.15) is 5.10 Å². The van der Waals surface area contributed by atoms with Crippen molar-refractivity contribution in [1.82, 2.24) is 9.88 Å². The Hall–Kier alpha value is -1.93. The molecule has 1 aliphatic rings. The van der Waals surface area contributed by atoms with Gasteiger partial charge in [-0.25, -0.2) is 14.2 Å². The Morgan fingerprint density at radius 1 is 1.58 bits per heavy atom. The second-order valence-electron chi connectivity index (χ2n) is 6.26. The topological polar surface area (TPSA) is 90.0 Å². The zero-order chi connectivity index (χ0) is 17.9. The summed E-state index contributed by atoms with van der Waals surface area (Å²) >= 11 is 5.70. The number of amides is 1. The quantitative estimate of drug-likeness (QED) is 0.379. The number of hydrogen-bond donors (Lipinski definition) is 1. The highest BCUT2D eigenvalue weighted by Gasteiger charge is 2.32. The molecule has 7 nitrogen and oxygen atoms in total. The summed E-state index contributed by atoms with van der Waals surface area (Å²) in [6, 6.07) is 1.41. The van der Waals surface area contributed by atoms with Crippen molar-refractivity contribution in [2.24, 2.45) is 10.9 Å². The molecule has 0 saturated carbocycles. The molecule has 9 heteroatoms. The molecule has 24 heavy (non-hydrogen) atoms. The number of hydrogen-bond acceptors (Lipinski definition) is 6. The Labute approximate surface area is 144 Å². The van der Waals surface area contributed by atoms with Crippen LogP contribution < -0.4 is 5.84 Å². The SMILES string of the molecule is CC(C)(C)OC(=O)N1CCO[C@H](/C(=N\N)c2ccnc(Cl)c2F)C1. The molecule has 132 valence electrons. The maximum Gasteiger partial charge on any atom is 0.410 e. The number of halogens is 2. The normalized spacial score (nSPS) is 19.3. The maximum absolute atomic E-state index is 14.2. The monoisotopic (exact) mass is 358 g/mol. The van der Waals surface area contributed by atoms with Crippen molar-refractivity contribution in [2.75, 3.05) is 19.7 Å². The Balaban J connectivity index is 2.18. The minimum atomic E-state index is -0.735. The first-order valence-corrected chi connectivity index (χ1v) is 7.78. The van der Waals surface area contributed by atoms with E-state index in [-0.39, 0.29) is 29.6 Å². The molecule has 0 aromatic carbocycles. The minimum absolute atomic E-state index is 0.0912. The van der Waals surface area contributed by atoms with E-state index in [9.17, 15) is 9.18 Å². The van der Waals surface area contributed by atoms with Crippen molar-refractivity contribution in [1.29, 1.82) is 0 Å². The molecular weight excluding hydrogens is 339 g/mol. The molecule has 1 atom stereocenters. The third-order valence-corrected chi connectivity index (χ3v) is 3.55. The summed E-state index contributed by atoms with van der Waals surface area (Å²) in [4.78, 5) is 17.3. The van der Waals surface area contributed by atoms with Crippen LogP contribution in [0.25, 0.3) is 0 Å². The summed E-state index contributed by atoms with van der Waals surface area (Å²) in [5.41, 5.74) is -0.362. The zero-order valence-electron chi connectivity index (χ0n) is 13.8. The number of hydrazone groups is 1. The third-order valence-electron chi connectivity index (χ3n) is 3.28. The first-order chi connectivity index (χ1) is 11.2. The average molecular weight is 359 g/mol. The van der Waals surface area contributed by atoms with Gasteiger partial charge in [-0.05, 0) is 26.8 Å². The van der Waals surface area contributed by atoms with Crippen LogP contribution in [0.5, 0.6) is 0 Å². The lowest BCUT2D eigenvalue weighted by molar-refractivity contribution is -0.0208. The number of aromatic nitrogens is 1.